The zero-order valence-electron chi connectivity index (χ0n) is 19.2. The molecule has 0 saturated heterocycles. The van der Waals surface area contributed by atoms with Crippen LogP contribution in [0.15, 0.2) is 59.8 Å². The number of oxime groups is 1. The molecule has 4 N–H and O–H groups in total. The van der Waals surface area contributed by atoms with E-state index in [2.05, 4.69) is 20.9 Å². The Kier molecular flexibility index (Phi) is 6.91. The van der Waals surface area contributed by atoms with Gasteiger partial charge in [0.15, 0.2) is 12.4 Å². The fraction of sp³-hybridized carbons (Fsp3) is 0.280. The summed E-state index contributed by atoms with van der Waals surface area (Å²) >= 11 is 0. The largest absolute Gasteiger partial charge is 0.384 e. The van der Waals surface area contributed by atoms with Gasteiger partial charge in [-0.15, -0.1) is 0 Å². The van der Waals surface area contributed by atoms with E-state index in [-0.39, 0.29) is 24.4 Å². The van der Waals surface area contributed by atoms with Crippen LogP contribution in [-0.2, 0) is 16.2 Å². The number of carbonyl (C=O) groups is 2. The summed E-state index contributed by atoms with van der Waals surface area (Å²) in [6.45, 7) is 4.27. The predicted octanol–water partition coefficient (Wildman–Crippen LogP) is 2.72. The molecule has 2 aromatic carbocycles. The van der Waals surface area contributed by atoms with Crippen LogP contribution in [0.25, 0.3) is 0 Å². The molecule has 34 heavy (non-hydrogen) atoms. The van der Waals surface area contributed by atoms with Crippen LogP contribution in [0.2, 0.25) is 0 Å². The van der Waals surface area contributed by atoms with Gasteiger partial charge in [0, 0.05) is 28.6 Å². The molecule has 9 nitrogen and oxygen atoms in total. The molecule has 0 atom stereocenters. The molecule has 0 unspecified atom stereocenters. The van der Waals surface area contributed by atoms with E-state index in [1.807, 2.05) is 48.9 Å². The molecular formula is C25H28N6O3. The first-order valence-corrected chi connectivity index (χ1v) is 11.1. The zero-order chi connectivity index (χ0) is 24.1. The molecule has 0 radical (unpaired) electrons. The van der Waals surface area contributed by atoms with E-state index < -0.39 is 5.91 Å². The highest BCUT2D eigenvalue weighted by Gasteiger charge is 2.23. The number of nitrogens with zero attached hydrogens (tertiary/aromatic N) is 3. The molecule has 1 aromatic heterocycles. The van der Waals surface area contributed by atoms with E-state index in [4.69, 9.17) is 10.6 Å². The fourth-order valence-electron chi connectivity index (χ4n) is 3.48. The molecule has 0 spiro atoms. The molecule has 1 heterocycles. The Morgan fingerprint density at radius 3 is 2.62 bits per heavy atom. The van der Waals surface area contributed by atoms with Crippen LogP contribution >= 0.6 is 0 Å². The van der Waals surface area contributed by atoms with Gasteiger partial charge in [0.1, 0.15) is 0 Å². The first-order valence-electron chi connectivity index (χ1n) is 11.1. The molecule has 1 fully saturated rings. The number of carbonyl (C=O) groups excluding carboxylic acids is 2. The maximum absolute atomic E-state index is 12.2. The lowest BCUT2D eigenvalue weighted by molar-refractivity contribution is -0.120. The van der Waals surface area contributed by atoms with Crippen molar-refractivity contribution in [1.29, 1.82) is 0 Å². The number of hydrogen-bond acceptors (Lipinski definition) is 5. The van der Waals surface area contributed by atoms with Gasteiger partial charge in [0.2, 0.25) is 0 Å². The van der Waals surface area contributed by atoms with Gasteiger partial charge >= 0.3 is 0 Å². The smallest absolute Gasteiger partial charge is 0.265 e. The van der Waals surface area contributed by atoms with Crippen molar-refractivity contribution in [3.8, 4) is 0 Å². The van der Waals surface area contributed by atoms with Crippen LogP contribution in [-0.4, -0.2) is 40.1 Å². The number of benzene rings is 2. The third-order valence-electron chi connectivity index (χ3n) is 5.34. The van der Waals surface area contributed by atoms with Crippen molar-refractivity contribution in [1.82, 2.24) is 15.1 Å². The van der Waals surface area contributed by atoms with Crippen LogP contribution < -0.4 is 16.4 Å². The number of aromatic nitrogens is 2. The van der Waals surface area contributed by atoms with Crippen molar-refractivity contribution in [3.05, 3.63) is 82.7 Å². The molecule has 9 heteroatoms. The fourth-order valence-corrected chi connectivity index (χ4v) is 3.48. The second kappa shape index (κ2) is 10.2. The molecule has 4 rings (SSSR count). The van der Waals surface area contributed by atoms with E-state index in [0.29, 0.717) is 23.4 Å². The van der Waals surface area contributed by atoms with E-state index in [1.54, 1.807) is 24.3 Å². The average Bonchev–Trinajstić information content (AvgIpc) is 3.57. The summed E-state index contributed by atoms with van der Waals surface area (Å²) in [5.74, 6) is -0.386. The number of nitrogens with two attached hydrogens (primary N) is 1. The highest BCUT2D eigenvalue weighted by Crippen LogP contribution is 2.20. The monoisotopic (exact) mass is 460 g/mol. The van der Waals surface area contributed by atoms with Crippen molar-refractivity contribution in [2.75, 3.05) is 11.9 Å². The van der Waals surface area contributed by atoms with Gasteiger partial charge in [0.05, 0.1) is 12.2 Å². The van der Waals surface area contributed by atoms with Gasteiger partial charge in [-0.3, -0.25) is 14.3 Å². The minimum Gasteiger partial charge on any atom is -0.384 e. The number of anilines is 1. The number of nitrogens with one attached hydrogen (secondary N) is 2. The minimum absolute atomic E-state index is 0.146. The number of hydrogen-bond donors (Lipinski definition) is 3. The average molecular weight is 461 g/mol. The molecule has 0 aliphatic heterocycles. The SMILES string of the molecule is Cc1cc(C)n(Cc2cccc(/C(N)=N/OCC(=O)Nc3cccc(C(=O)NC4CC4)c3)c2)n1. The van der Waals surface area contributed by atoms with Gasteiger partial charge < -0.3 is 21.2 Å². The Labute approximate surface area is 198 Å². The molecule has 176 valence electrons. The van der Waals surface area contributed by atoms with Crippen molar-refractivity contribution < 1.29 is 14.4 Å². The van der Waals surface area contributed by atoms with Crippen LogP contribution in [0.5, 0.6) is 0 Å². The topological polar surface area (TPSA) is 124 Å². The van der Waals surface area contributed by atoms with Crippen molar-refractivity contribution in [2.45, 2.75) is 39.3 Å². The van der Waals surface area contributed by atoms with Crippen LogP contribution in [0.3, 0.4) is 0 Å². The lowest BCUT2D eigenvalue weighted by atomic mass is 10.1. The van der Waals surface area contributed by atoms with E-state index in [1.165, 1.54) is 0 Å². The third-order valence-corrected chi connectivity index (χ3v) is 5.34. The van der Waals surface area contributed by atoms with Gasteiger partial charge in [-0.05, 0) is 62.6 Å². The minimum atomic E-state index is -0.408. The number of aryl methyl sites for hydroxylation is 2. The maximum Gasteiger partial charge on any atom is 0.265 e. The summed E-state index contributed by atoms with van der Waals surface area (Å²) in [5.41, 5.74) is 10.8. The van der Waals surface area contributed by atoms with Crippen LogP contribution in [0, 0.1) is 13.8 Å². The summed E-state index contributed by atoms with van der Waals surface area (Å²) in [6, 6.07) is 16.7. The predicted molar refractivity (Wildman–Crippen MR) is 129 cm³/mol. The standard InChI is InChI=1S/C25H28N6O3/c1-16-11-17(2)31(29-16)14-18-5-3-6-19(12-18)24(26)30-34-15-23(32)27-22-8-4-7-20(13-22)25(33)28-21-9-10-21/h3-8,11-13,21H,9-10,14-15H2,1-2H3,(H2,26,30)(H,27,32)(H,28,33). The summed E-state index contributed by atoms with van der Waals surface area (Å²) in [7, 11) is 0. The van der Waals surface area contributed by atoms with Gasteiger partial charge in [-0.25, -0.2) is 0 Å². The Morgan fingerprint density at radius 1 is 1.12 bits per heavy atom. The third kappa shape index (κ3) is 6.22. The highest BCUT2D eigenvalue weighted by atomic mass is 16.6. The summed E-state index contributed by atoms with van der Waals surface area (Å²) in [4.78, 5) is 29.6. The van der Waals surface area contributed by atoms with Crippen molar-refractivity contribution >= 4 is 23.3 Å². The Morgan fingerprint density at radius 2 is 1.88 bits per heavy atom. The van der Waals surface area contributed by atoms with Crippen LogP contribution in [0.1, 0.15) is 45.7 Å². The lowest BCUT2D eigenvalue weighted by Gasteiger charge is -2.08. The number of rotatable bonds is 9. The quantitative estimate of drug-likeness (QED) is 0.257. The molecule has 1 aliphatic rings. The van der Waals surface area contributed by atoms with Gasteiger partial charge in [-0.1, -0.05) is 29.4 Å². The van der Waals surface area contributed by atoms with Crippen LogP contribution in [0.4, 0.5) is 5.69 Å². The first-order chi connectivity index (χ1) is 16.4. The lowest BCUT2D eigenvalue weighted by Crippen LogP contribution is -2.25. The molecule has 1 saturated carbocycles. The van der Waals surface area contributed by atoms with Crippen molar-refractivity contribution in [3.63, 3.8) is 0 Å². The van der Waals surface area contributed by atoms with Crippen molar-refractivity contribution in [2.24, 2.45) is 10.9 Å². The highest BCUT2D eigenvalue weighted by molar-refractivity contribution is 5.98. The summed E-state index contributed by atoms with van der Waals surface area (Å²) in [6.07, 6.45) is 2.02. The summed E-state index contributed by atoms with van der Waals surface area (Å²) in [5, 5.41) is 14.0. The normalized spacial score (nSPS) is 13.4. The molecule has 3 aromatic rings. The van der Waals surface area contributed by atoms with E-state index in [9.17, 15) is 9.59 Å². The molecular weight excluding hydrogens is 432 g/mol. The van der Waals surface area contributed by atoms with E-state index in [0.717, 1.165) is 29.8 Å². The number of amidine groups is 1. The second-order valence-electron chi connectivity index (χ2n) is 8.41. The summed E-state index contributed by atoms with van der Waals surface area (Å²) < 4.78 is 1.92. The Balaban J connectivity index is 1.30. The maximum atomic E-state index is 12.2. The number of amides is 2. The zero-order valence-corrected chi connectivity index (χ0v) is 19.2. The second-order valence-corrected chi connectivity index (χ2v) is 8.41. The van der Waals surface area contributed by atoms with Gasteiger partial charge in [-0.2, -0.15) is 5.10 Å². The molecule has 0 bridgehead atoms. The van der Waals surface area contributed by atoms with E-state index >= 15 is 0 Å². The molecule has 2 amide bonds. The molecule has 1 aliphatic carbocycles. The Hall–Kier alpha value is -4.14. The Bertz CT molecular complexity index is 1230. The first kappa shape index (κ1) is 23.0. The van der Waals surface area contributed by atoms with Gasteiger partial charge in [0.25, 0.3) is 11.8 Å².